The Kier molecular flexibility index (Phi) is 4.12. The van der Waals surface area contributed by atoms with Crippen LogP contribution in [0.2, 0.25) is 0 Å². The lowest BCUT2D eigenvalue weighted by molar-refractivity contribution is 0.102. The predicted molar refractivity (Wildman–Crippen MR) is 103 cm³/mol. The molecule has 1 aliphatic heterocycles. The first-order chi connectivity index (χ1) is 13.6. The first-order valence-corrected chi connectivity index (χ1v) is 10.1. The molecule has 0 spiro atoms. The lowest BCUT2D eigenvalue weighted by atomic mass is 10.2. The molecule has 8 nitrogen and oxygen atoms in total. The highest BCUT2D eigenvalue weighted by Gasteiger charge is 2.28. The van der Waals surface area contributed by atoms with Crippen LogP contribution in [0.15, 0.2) is 29.4 Å². The van der Waals surface area contributed by atoms with Crippen molar-refractivity contribution in [2.75, 3.05) is 12.5 Å². The molecule has 5 rings (SSSR count). The number of carbonyl (C=O) groups is 1. The Morgan fingerprint density at radius 1 is 1.21 bits per heavy atom. The van der Waals surface area contributed by atoms with Crippen LogP contribution in [0.1, 0.15) is 40.6 Å². The molecule has 28 heavy (non-hydrogen) atoms. The summed E-state index contributed by atoms with van der Waals surface area (Å²) < 4.78 is 14.8. The number of ketones is 1. The normalized spacial score (nSPS) is 15.2. The molecule has 1 fully saturated rings. The van der Waals surface area contributed by atoms with E-state index in [2.05, 4.69) is 20.1 Å². The number of aryl methyl sites for hydroxylation is 1. The molecule has 0 saturated heterocycles. The number of hydrogen-bond donors (Lipinski definition) is 0. The molecular weight excluding hydrogens is 378 g/mol. The van der Waals surface area contributed by atoms with Crippen molar-refractivity contribution in [1.29, 1.82) is 0 Å². The number of benzene rings is 1. The molecule has 0 N–H and O–H groups in total. The number of rotatable bonds is 6. The van der Waals surface area contributed by atoms with E-state index in [4.69, 9.17) is 9.47 Å². The van der Waals surface area contributed by atoms with Crippen LogP contribution in [0.25, 0.3) is 5.69 Å². The second-order valence-electron chi connectivity index (χ2n) is 7.01. The number of nitrogens with zero attached hydrogens (tertiary/aromatic N) is 5. The third-order valence-electron chi connectivity index (χ3n) is 5.03. The summed E-state index contributed by atoms with van der Waals surface area (Å²) in [6.45, 7) is 4.20. The predicted octanol–water partition coefficient (Wildman–Crippen LogP) is 3.12. The fraction of sp³-hybridized carbons (Fsp3) is 0.368. The maximum Gasteiger partial charge on any atom is 0.231 e. The van der Waals surface area contributed by atoms with Crippen LogP contribution in [0, 0.1) is 13.8 Å². The van der Waals surface area contributed by atoms with Crippen molar-refractivity contribution < 1.29 is 14.3 Å². The molecule has 0 atom stereocenters. The highest BCUT2D eigenvalue weighted by atomic mass is 32.2. The van der Waals surface area contributed by atoms with Gasteiger partial charge in [0.1, 0.15) is 0 Å². The van der Waals surface area contributed by atoms with Crippen molar-refractivity contribution in [2.45, 2.75) is 37.9 Å². The third kappa shape index (κ3) is 2.95. The van der Waals surface area contributed by atoms with Crippen molar-refractivity contribution in [3.63, 3.8) is 0 Å². The first-order valence-electron chi connectivity index (χ1n) is 9.14. The largest absolute Gasteiger partial charge is 0.454 e. The van der Waals surface area contributed by atoms with E-state index < -0.39 is 0 Å². The summed E-state index contributed by atoms with van der Waals surface area (Å²) in [4.78, 5) is 12.9. The van der Waals surface area contributed by atoms with Crippen molar-refractivity contribution in [1.82, 2.24) is 24.8 Å². The number of thioether (sulfide) groups is 1. The smallest absolute Gasteiger partial charge is 0.231 e. The average molecular weight is 397 g/mol. The van der Waals surface area contributed by atoms with Crippen LogP contribution in [0.4, 0.5) is 0 Å². The Bertz CT molecular complexity index is 1070. The Morgan fingerprint density at radius 2 is 2.04 bits per heavy atom. The van der Waals surface area contributed by atoms with Crippen molar-refractivity contribution >= 4 is 17.5 Å². The molecule has 0 unspecified atom stereocenters. The maximum atomic E-state index is 12.9. The van der Waals surface area contributed by atoms with Crippen LogP contribution in [-0.2, 0) is 0 Å². The van der Waals surface area contributed by atoms with E-state index in [1.165, 1.54) is 11.8 Å². The fourth-order valence-electron chi connectivity index (χ4n) is 3.50. The van der Waals surface area contributed by atoms with Gasteiger partial charge in [-0.1, -0.05) is 11.8 Å². The van der Waals surface area contributed by atoms with Crippen molar-refractivity contribution in [2.24, 2.45) is 0 Å². The Morgan fingerprint density at radius 3 is 2.86 bits per heavy atom. The van der Waals surface area contributed by atoms with Crippen molar-refractivity contribution in [3.05, 3.63) is 41.2 Å². The molecule has 1 aromatic carbocycles. The van der Waals surface area contributed by atoms with Gasteiger partial charge >= 0.3 is 0 Å². The van der Waals surface area contributed by atoms with E-state index in [1.807, 2.05) is 42.8 Å². The number of hydrogen-bond acceptors (Lipinski definition) is 7. The van der Waals surface area contributed by atoms with Crippen LogP contribution < -0.4 is 9.47 Å². The van der Waals surface area contributed by atoms with E-state index in [0.717, 1.165) is 41.4 Å². The molecule has 1 saturated carbocycles. The second-order valence-corrected chi connectivity index (χ2v) is 7.95. The van der Waals surface area contributed by atoms with E-state index in [9.17, 15) is 4.79 Å². The Hall–Kier alpha value is -2.81. The number of tetrazole rings is 1. The highest BCUT2D eigenvalue weighted by molar-refractivity contribution is 7.99. The molecule has 2 aromatic heterocycles. The zero-order valence-electron chi connectivity index (χ0n) is 15.6. The highest BCUT2D eigenvalue weighted by Crippen LogP contribution is 2.37. The Balaban J connectivity index is 1.38. The van der Waals surface area contributed by atoms with Gasteiger partial charge < -0.3 is 14.0 Å². The minimum atomic E-state index is 0.0652. The molecule has 0 radical (unpaired) electrons. The molecule has 0 bridgehead atoms. The van der Waals surface area contributed by atoms with Crippen molar-refractivity contribution in [3.8, 4) is 17.2 Å². The summed E-state index contributed by atoms with van der Waals surface area (Å²) >= 11 is 1.39. The molecule has 1 aliphatic carbocycles. The lowest BCUT2D eigenvalue weighted by Gasteiger charge is -2.10. The van der Waals surface area contributed by atoms with Gasteiger partial charge in [-0.2, -0.15) is 0 Å². The van der Waals surface area contributed by atoms with Gasteiger partial charge in [0.05, 0.1) is 11.8 Å². The van der Waals surface area contributed by atoms with Gasteiger partial charge in [0.2, 0.25) is 11.9 Å². The zero-order valence-corrected chi connectivity index (χ0v) is 16.4. The summed E-state index contributed by atoms with van der Waals surface area (Å²) in [7, 11) is 0. The number of Topliss-reactive ketones (excluding diaryl/α,β-unsaturated/α-hetero) is 1. The van der Waals surface area contributed by atoms with Crippen LogP contribution in [0.3, 0.4) is 0 Å². The minimum absolute atomic E-state index is 0.0652. The molecule has 3 aromatic rings. The summed E-state index contributed by atoms with van der Waals surface area (Å²) in [5.74, 6) is 1.83. The monoisotopic (exact) mass is 397 g/mol. The van der Waals surface area contributed by atoms with Gasteiger partial charge in [0.25, 0.3) is 0 Å². The SMILES string of the molecule is Cc1cc(C(=O)CSc2nnnn2C2CC2)c(C)n1-c1ccc2c(c1)OCO2. The molecule has 3 heterocycles. The van der Waals surface area contributed by atoms with Gasteiger partial charge in [-0.25, -0.2) is 4.68 Å². The second kappa shape index (κ2) is 6.66. The van der Waals surface area contributed by atoms with Crippen LogP contribution in [-0.4, -0.2) is 43.1 Å². The molecular formula is C19H19N5O3S. The van der Waals surface area contributed by atoms with E-state index >= 15 is 0 Å². The van der Waals surface area contributed by atoms with Gasteiger partial charge in [-0.05, 0) is 55.3 Å². The number of carbonyl (C=O) groups excluding carboxylic acids is 1. The topological polar surface area (TPSA) is 84.1 Å². The van der Waals surface area contributed by atoms with Gasteiger partial charge in [-0.3, -0.25) is 4.79 Å². The fourth-order valence-corrected chi connectivity index (χ4v) is 4.33. The number of aromatic nitrogens is 5. The van der Waals surface area contributed by atoms with E-state index in [0.29, 0.717) is 22.5 Å². The Labute approximate surface area is 165 Å². The standard InChI is InChI=1S/C19H19N5O3S/c1-11-7-15(16(25)9-28-19-20-21-22-24(19)13-3-4-13)12(2)23(11)14-5-6-17-18(8-14)27-10-26-17/h5-8,13H,3-4,9-10H2,1-2H3. The van der Waals surface area contributed by atoms with E-state index in [1.54, 1.807) is 0 Å². The lowest BCUT2D eigenvalue weighted by Crippen LogP contribution is -2.07. The first kappa shape index (κ1) is 17.3. The van der Waals surface area contributed by atoms with E-state index in [-0.39, 0.29) is 12.6 Å². The van der Waals surface area contributed by atoms with Gasteiger partial charge in [0, 0.05) is 28.7 Å². The zero-order chi connectivity index (χ0) is 19.3. The molecule has 9 heteroatoms. The summed E-state index contributed by atoms with van der Waals surface area (Å²) in [6, 6.07) is 8.14. The molecule has 144 valence electrons. The maximum absolute atomic E-state index is 12.9. The molecule has 2 aliphatic rings. The van der Waals surface area contributed by atoms with Gasteiger partial charge in [0.15, 0.2) is 17.3 Å². The summed E-state index contributed by atoms with van der Waals surface area (Å²) in [6.07, 6.45) is 2.20. The third-order valence-corrected chi connectivity index (χ3v) is 5.97. The van der Waals surface area contributed by atoms with Crippen LogP contribution >= 0.6 is 11.8 Å². The summed E-state index contributed by atoms with van der Waals surface area (Å²) in [5, 5.41) is 12.5. The number of ether oxygens (including phenoxy) is 2. The quantitative estimate of drug-likeness (QED) is 0.467. The molecule has 0 amide bonds. The van der Waals surface area contributed by atoms with Crippen LogP contribution in [0.5, 0.6) is 11.5 Å². The summed E-state index contributed by atoms with van der Waals surface area (Å²) in [5.41, 5.74) is 3.56. The minimum Gasteiger partial charge on any atom is -0.454 e. The van der Waals surface area contributed by atoms with Gasteiger partial charge in [-0.15, -0.1) is 5.10 Å². The average Bonchev–Trinajstić information content (AvgIpc) is 3.11. The number of fused-ring (bicyclic) bond motifs is 1.